The van der Waals surface area contributed by atoms with Crippen LogP contribution in [-0.2, 0) is 11.4 Å². The number of nitrogens with zero attached hydrogens (tertiary/aromatic N) is 1. The van der Waals surface area contributed by atoms with Gasteiger partial charge in [-0.15, -0.1) is 6.42 Å². The van der Waals surface area contributed by atoms with Gasteiger partial charge in [0.05, 0.1) is 11.3 Å². The van der Waals surface area contributed by atoms with Gasteiger partial charge in [0.2, 0.25) is 4.92 Å². The summed E-state index contributed by atoms with van der Waals surface area (Å²) in [5, 5.41) is 0. The summed E-state index contributed by atoms with van der Waals surface area (Å²) < 4.78 is 0. The van der Waals surface area contributed by atoms with Crippen LogP contribution >= 0.6 is 0 Å². The summed E-state index contributed by atoms with van der Waals surface area (Å²) in [5.74, 6) is 2.49. The van der Waals surface area contributed by atoms with Crippen LogP contribution in [-0.4, -0.2) is 4.92 Å². The Balaban J connectivity index is 2.42. The molecule has 0 saturated carbocycles. The molecule has 70 valence electrons. The predicted octanol–water partition coefficient (Wildman–Crippen LogP) is 1.98. The van der Waals surface area contributed by atoms with Crippen LogP contribution in [0, 0.1) is 17.3 Å². The van der Waals surface area contributed by atoms with E-state index in [9.17, 15) is 4.91 Å². The van der Waals surface area contributed by atoms with Gasteiger partial charge in [0.25, 0.3) is 6.04 Å². The van der Waals surface area contributed by atoms with Crippen LogP contribution in [0.1, 0.15) is 23.6 Å². The maximum Gasteiger partial charge on any atom is 0.293 e. The van der Waals surface area contributed by atoms with Crippen molar-refractivity contribution >= 4 is 0 Å². The molecule has 3 nitrogen and oxygen atoms in total. The number of hydrogen-bond donors (Lipinski definition) is 0. The number of benzene rings is 1. The van der Waals surface area contributed by atoms with Crippen molar-refractivity contribution in [1.82, 2.24) is 0 Å². The van der Waals surface area contributed by atoms with E-state index in [-0.39, 0.29) is 6.04 Å². The lowest BCUT2D eigenvalue weighted by Gasteiger charge is -2.14. The second-order valence-electron chi connectivity index (χ2n) is 3.18. The smallest absolute Gasteiger partial charge is 0.227 e. The highest BCUT2D eigenvalue weighted by Crippen LogP contribution is 2.29. The molecule has 1 atom stereocenters. The minimum Gasteiger partial charge on any atom is -0.227 e. The Morgan fingerprint density at radius 1 is 1.57 bits per heavy atom. The average Bonchev–Trinajstić information content (AvgIpc) is 2.23. The summed E-state index contributed by atoms with van der Waals surface area (Å²) in [7, 11) is 0. The fourth-order valence-corrected chi connectivity index (χ4v) is 1.62. The molecule has 0 bridgehead atoms. The van der Waals surface area contributed by atoms with Crippen molar-refractivity contribution in [2.75, 3.05) is 0 Å². The predicted molar refractivity (Wildman–Crippen MR) is 51.0 cm³/mol. The van der Waals surface area contributed by atoms with Crippen LogP contribution in [0.15, 0.2) is 24.3 Å². The first-order valence-corrected chi connectivity index (χ1v) is 4.43. The standard InChI is InChI=1S/C11H10NO2/c1-2-5-11-10-7-4-3-6-9(10)8-14-12(11)13/h1,3-4,6-7,11H,5,8H2/q+1. The Morgan fingerprint density at radius 2 is 2.36 bits per heavy atom. The van der Waals surface area contributed by atoms with Gasteiger partial charge in [-0.3, -0.25) is 0 Å². The van der Waals surface area contributed by atoms with E-state index < -0.39 is 0 Å². The molecule has 0 saturated heterocycles. The minimum absolute atomic E-state index is 0.334. The van der Waals surface area contributed by atoms with Gasteiger partial charge in [-0.2, -0.15) is 0 Å². The zero-order chi connectivity index (χ0) is 9.97. The normalized spacial score (nSPS) is 19.4. The second-order valence-corrected chi connectivity index (χ2v) is 3.18. The highest BCUT2D eigenvalue weighted by molar-refractivity contribution is 5.29. The van der Waals surface area contributed by atoms with Gasteiger partial charge in [-0.05, 0) is 0 Å². The Bertz CT molecular complexity index is 406. The summed E-state index contributed by atoms with van der Waals surface area (Å²) in [6, 6.07) is 7.35. The highest BCUT2D eigenvalue weighted by atomic mass is 16.8. The summed E-state index contributed by atoms with van der Waals surface area (Å²) in [4.78, 5) is 16.9. The average molecular weight is 188 g/mol. The van der Waals surface area contributed by atoms with E-state index in [1.54, 1.807) is 0 Å². The first kappa shape index (κ1) is 8.76. The molecule has 0 amide bonds. The first-order valence-electron chi connectivity index (χ1n) is 4.43. The Hall–Kier alpha value is -1.82. The number of hydrogen-bond acceptors (Lipinski definition) is 2. The summed E-state index contributed by atoms with van der Waals surface area (Å²) in [6.45, 7) is 0.334. The maximum atomic E-state index is 11.3. The lowest BCUT2D eigenvalue weighted by atomic mass is 9.98. The summed E-state index contributed by atoms with van der Waals surface area (Å²) >= 11 is 0. The van der Waals surface area contributed by atoms with E-state index in [1.165, 1.54) is 0 Å². The Labute approximate surface area is 82.2 Å². The third-order valence-electron chi connectivity index (χ3n) is 2.33. The molecule has 0 radical (unpaired) electrons. The molecule has 0 aliphatic carbocycles. The van der Waals surface area contributed by atoms with Gasteiger partial charge >= 0.3 is 0 Å². The molecular weight excluding hydrogens is 178 g/mol. The Morgan fingerprint density at radius 3 is 3.14 bits per heavy atom. The Kier molecular flexibility index (Phi) is 2.19. The second kappa shape index (κ2) is 3.51. The molecule has 0 spiro atoms. The van der Waals surface area contributed by atoms with Crippen LogP contribution in [0.4, 0.5) is 0 Å². The third kappa shape index (κ3) is 1.35. The van der Waals surface area contributed by atoms with Crippen LogP contribution < -0.4 is 0 Å². The quantitative estimate of drug-likeness (QED) is 0.630. The van der Waals surface area contributed by atoms with Crippen molar-refractivity contribution in [1.29, 1.82) is 0 Å². The lowest BCUT2D eigenvalue weighted by molar-refractivity contribution is -0.840. The summed E-state index contributed by atoms with van der Waals surface area (Å²) in [6.07, 6.45) is 5.58. The molecule has 1 aliphatic rings. The topological polar surface area (TPSA) is 29.3 Å². The minimum atomic E-state index is -0.357. The first-order chi connectivity index (χ1) is 6.83. The zero-order valence-electron chi connectivity index (χ0n) is 7.64. The van der Waals surface area contributed by atoms with Crippen molar-refractivity contribution < 1.29 is 9.76 Å². The van der Waals surface area contributed by atoms with Gasteiger partial charge < -0.3 is 0 Å². The molecular formula is C11H10NO2+. The lowest BCUT2D eigenvalue weighted by Crippen LogP contribution is -2.23. The van der Waals surface area contributed by atoms with Gasteiger partial charge in [-0.1, -0.05) is 30.2 Å². The molecule has 0 aromatic heterocycles. The third-order valence-corrected chi connectivity index (χ3v) is 2.33. The summed E-state index contributed by atoms with van der Waals surface area (Å²) in [5.41, 5.74) is 2.02. The number of rotatable bonds is 1. The van der Waals surface area contributed by atoms with Crippen LogP contribution in [0.2, 0.25) is 0 Å². The zero-order valence-corrected chi connectivity index (χ0v) is 7.64. The number of terminal acetylenes is 1. The molecule has 1 unspecified atom stereocenters. The maximum absolute atomic E-state index is 11.3. The van der Waals surface area contributed by atoms with E-state index in [0.29, 0.717) is 18.0 Å². The largest absolute Gasteiger partial charge is 0.293 e. The van der Waals surface area contributed by atoms with E-state index in [4.69, 9.17) is 11.3 Å². The molecule has 2 rings (SSSR count). The molecule has 14 heavy (non-hydrogen) atoms. The van der Waals surface area contributed by atoms with E-state index in [2.05, 4.69) is 5.92 Å². The van der Waals surface area contributed by atoms with Gasteiger partial charge in [0.1, 0.15) is 0 Å². The van der Waals surface area contributed by atoms with Gasteiger partial charge in [-0.25, -0.2) is 4.84 Å². The number of fused-ring (bicyclic) bond motifs is 1. The molecule has 1 heterocycles. The molecule has 1 aromatic carbocycles. The molecule has 0 fully saturated rings. The van der Waals surface area contributed by atoms with E-state index in [0.717, 1.165) is 11.1 Å². The van der Waals surface area contributed by atoms with Crippen LogP contribution in [0.25, 0.3) is 0 Å². The van der Waals surface area contributed by atoms with Crippen LogP contribution in [0.5, 0.6) is 0 Å². The molecule has 1 aromatic rings. The van der Waals surface area contributed by atoms with Crippen molar-refractivity contribution in [3.8, 4) is 12.3 Å². The monoisotopic (exact) mass is 188 g/mol. The fourth-order valence-electron chi connectivity index (χ4n) is 1.62. The van der Waals surface area contributed by atoms with Crippen LogP contribution in [0.3, 0.4) is 0 Å². The van der Waals surface area contributed by atoms with E-state index >= 15 is 0 Å². The molecule has 1 aliphatic heterocycles. The van der Waals surface area contributed by atoms with Crippen molar-refractivity contribution in [3.05, 3.63) is 40.3 Å². The fraction of sp³-hybridized carbons (Fsp3) is 0.273. The van der Waals surface area contributed by atoms with Crippen molar-refractivity contribution in [3.63, 3.8) is 0 Å². The van der Waals surface area contributed by atoms with Gasteiger partial charge in [0.15, 0.2) is 6.61 Å². The molecule has 0 N–H and O–H groups in total. The SMILES string of the molecule is C#CCC1c2ccccc2CO[N+]1=O. The van der Waals surface area contributed by atoms with E-state index in [1.807, 2.05) is 24.3 Å². The molecule has 3 heteroatoms. The van der Waals surface area contributed by atoms with Crippen molar-refractivity contribution in [2.45, 2.75) is 19.1 Å². The highest BCUT2D eigenvalue weighted by Gasteiger charge is 2.35. The van der Waals surface area contributed by atoms with Gasteiger partial charge in [0, 0.05) is 11.1 Å². The van der Waals surface area contributed by atoms with Crippen molar-refractivity contribution in [2.24, 2.45) is 0 Å².